The van der Waals surface area contributed by atoms with Crippen LogP contribution in [0.25, 0.3) is 0 Å². The molecule has 0 bridgehead atoms. The maximum Gasteiger partial charge on any atom is 0.265 e. The molecule has 2 aromatic rings. The highest BCUT2D eigenvalue weighted by molar-refractivity contribution is 6.30. The molecule has 0 aromatic heterocycles. The number of hydrogen-bond donors (Lipinski definition) is 1. The number of piperidine rings is 1. The molecule has 1 heterocycles. The Labute approximate surface area is 164 Å². The lowest BCUT2D eigenvalue weighted by atomic mass is 10.1. The number of benzene rings is 2. The monoisotopic (exact) mass is 386 g/mol. The Kier molecular flexibility index (Phi) is 6.35. The van der Waals surface area contributed by atoms with Crippen molar-refractivity contribution in [2.75, 3.05) is 18.4 Å². The Morgan fingerprint density at radius 1 is 1.07 bits per heavy atom. The molecule has 0 aliphatic carbocycles. The van der Waals surface area contributed by atoms with Gasteiger partial charge in [0, 0.05) is 18.1 Å². The summed E-state index contributed by atoms with van der Waals surface area (Å²) in [5.74, 6) is 0.144. The number of halogens is 1. The van der Waals surface area contributed by atoms with Crippen LogP contribution >= 0.6 is 11.6 Å². The largest absolute Gasteiger partial charge is 0.481 e. The average molecular weight is 387 g/mol. The number of ether oxygens (including phenoxy) is 1. The van der Waals surface area contributed by atoms with Crippen molar-refractivity contribution >= 4 is 29.1 Å². The number of nitrogens with one attached hydrogen (secondary N) is 1. The maximum absolute atomic E-state index is 12.8. The van der Waals surface area contributed by atoms with Crippen LogP contribution in [0.2, 0.25) is 5.02 Å². The number of para-hydroxylation sites is 1. The van der Waals surface area contributed by atoms with E-state index in [0.29, 0.717) is 22.0 Å². The predicted octanol–water partition coefficient (Wildman–Crippen LogP) is 4.37. The summed E-state index contributed by atoms with van der Waals surface area (Å²) >= 11 is 5.94. The number of anilines is 1. The molecule has 1 N–H and O–H groups in total. The minimum Gasteiger partial charge on any atom is -0.481 e. The number of hydrogen-bond acceptors (Lipinski definition) is 3. The van der Waals surface area contributed by atoms with Gasteiger partial charge in [-0.25, -0.2) is 0 Å². The van der Waals surface area contributed by atoms with Crippen molar-refractivity contribution in [1.29, 1.82) is 0 Å². The lowest BCUT2D eigenvalue weighted by Crippen LogP contribution is -2.36. The minimum atomic E-state index is -0.735. The molecule has 5 nitrogen and oxygen atoms in total. The van der Waals surface area contributed by atoms with E-state index in [0.717, 1.165) is 32.4 Å². The first-order valence-corrected chi connectivity index (χ1v) is 9.54. The number of rotatable bonds is 5. The van der Waals surface area contributed by atoms with Crippen molar-refractivity contribution < 1.29 is 14.3 Å². The van der Waals surface area contributed by atoms with Gasteiger partial charge in [-0.2, -0.15) is 0 Å². The third-order valence-electron chi connectivity index (χ3n) is 4.54. The van der Waals surface area contributed by atoms with Crippen LogP contribution in [0.15, 0.2) is 48.5 Å². The predicted molar refractivity (Wildman–Crippen MR) is 106 cm³/mol. The van der Waals surface area contributed by atoms with Crippen LogP contribution < -0.4 is 10.1 Å². The first-order chi connectivity index (χ1) is 13.0. The van der Waals surface area contributed by atoms with Gasteiger partial charge in [-0.05, 0) is 56.5 Å². The molecule has 1 saturated heterocycles. The van der Waals surface area contributed by atoms with Crippen LogP contribution in [0, 0.1) is 0 Å². The van der Waals surface area contributed by atoms with Gasteiger partial charge < -0.3 is 15.0 Å². The van der Waals surface area contributed by atoms with Crippen molar-refractivity contribution in [3.05, 3.63) is 59.1 Å². The molecule has 27 heavy (non-hydrogen) atoms. The second-order valence-corrected chi connectivity index (χ2v) is 7.04. The normalized spacial score (nSPS) is 15.1. The topological polar surface area (TPSA) is 58.6 Å². The molecule has 1 fully saturated rings. The van der Waals surface area contributed by atoms with Crippen molar-refractivity contribution in [2.45, 2.75) is 32.3 Å². The quantitative estimate of drug-likeness (QED) is 0.829. The van der Waals surface area contributed by atoms with Gasteiger partial charge in [0.1, 0.15) is 5.75 Å². The fraction of sp³-hybridized carbons (Fsp3) is 0.333. The second kappa shape index (κ2) is 8.91. The number of carbonyl (C=O) groups excluding carboxylic acids is 2. The summed E-state index contributed by atoms with van der Waals surface area (Å²) in [5.41, 5.74) is 1.00. The van der Waals surface area contributed by atoms with Crippen molar-refractivity contribution in [1.82, 2.24) is 4.90 Å². The third kappa shape index (κ3) is 5.01. The van der Waals surface area contributed by atoms with E-state index in [2.05, 4.69) is 5.32 Å². The zero-order chi connectivity index (χ0) is 19.2. The van der Waals surface area contributed by atoms with Crippen LogP contribution in [0.3, 0.4) is 0 Å². The van der Waals surface area contributed by atoms with Gasteiger partial charge in [-0.3, -0.25) is 9.59 Å². The number of carbonyl (C=O) groups is 2. The summed E-state index contributed by atoms with van der Waals surface area (Å²) in [6.07, 6.45) is 2.46. The van der Waals surface area contributed by atoms with Crippen molar-refractivity contribution in [3.8, 4) is 5.75 Å². The molecule has 2 aromatic carbocycles. The Morgan fingerprint density at radius 3 is 2.56 bits per heavy atom. The number of nitrogens with zero attached hydrogens (tertiary/aromatic N) is 1. The van der Waals surface area contributed by atoms with Gasteiger partial charge in [0.25, 0.3) is 11.8 Å². The van der Waals surface area contributed by atoms with E-state index in [-0.39, 0.29) is 11.8 Å². The summed E-state index contributed by atoms with van der Waals surface area (Å²) in [5, 5.41) is 3.36. The van der Waals surface area contributed by atoms with Crippen LogP contribution in [-0.2, 0) is 4.79 Å². The Morgan fingerprint density at radius 2 is 1.81 bits per heavy atom. The summed E-state index contributed by atoms with van der Waals surface area (Å²) in [4.78, 5) is 27.2. The fourth-order valence-corrected chi connectivity index (χ4v) is 3.26. The highest BCUT2D eigenvalue weighted by Gasteiger charge is 2.22. The molecule has 1 aliphatic rings. The maximum atomic E-state index is 12.8. The van der Waals surface area contributed by atoms with E-state index >= 15 is 0 Å². The highest BCUT2D eigenvalue weighted by Crippen LogP contribution is 2.22. The zero-order valence-electron chi connectivity index (χ0n) is 15.3. The van der Waals surface area contributed by atoms with Crippen LogP contribution in [0.4, 0.5) is 5.69 Å². The van der Waals surface area contributed by atoms with Gasteiger partial charge in [-0.1, -0.05) is 29.8 Å². The summed E-state index contributed by atoms with van der Waals surface area (Å²) < 4.78 is 5.65. The Hall–Kier alpha value is -2.53. The van der Waals surface area contributed by atoms with E-state index < -0.39 is 6.10 Å². The van der Waals surface area contributed by atoms with E-state index in [4.69, 9.17) is 16.3 Å². The second-order valence-electron chi connectivity index (χ2n) is 6.61. The van der Waals surface area contributed by atoms with Gasteiger partial charge in [0.05, 0.1) is 11.3 Å². The highest BCUT2D eigenvalue weighted by atomic mass is 35.5. The molecule has 0 radical (unpaired) electrons. The van der Waals surface area contributed by atoms with Crippen LogP contribution in [0.1, 0.15) is 36.5 Å². The first-order valence-electron chi connectivity index (χ1n) is 9.16. The standard InChI is InChI=1S/C21H23ClN2O3/c1-15(27-17-9-7-8-16(22)14-17)20(25)23-19-11-4-3-10-18(19)21(26)24-12-5-2-6-13-24/h3-4,7-11,14-15H,2,5-6,12-13H2,1H3,(H,23,25)/t15-/m0/s1. The summed E-state index contributed by atoms with van der Waals surface area (Å²) in [6.45, 7) is 3.18. The number of amides is 2. The lowest BCUT2D eigenvalue weighted by Gasteiger charge is -2.27. The van der Waals surface area contributed by atoms with E-state index in [1.54, 1.807) is 55.5 Å². The van der Waals surface area contributed by atoms with Gasteiger partial charge in [0.2, 0.25) is 0 Å². The van der Waals surface area contributed by atoms with Gasteiger partial charge in [-0.15, -0.1) is 0 Å². The molecule has 1 atom stereocenters. The Balaban J connectivity index is 1.69. The molecule has 2 amide bonds. The molecule has 0 spiro atoms. The van der Waals surface area contributed by atoms with Gasteiger partial charge >= 0.3 is 0 Å². The molecule has 0 saturated carbocycles. The molecule has 0 unspecified atom stereocenters. The zero-order valence-corrected chi connectivity index (χ0v) is 16.0. The third-order valence-corrected chi connectivity index (χ3v) is 4.77. The first kappa shape index (κ1) is 19.2. The average Bonchev–Trinajstić information content (AvgIpc) is 2.68. The summed E-state index contributed by atoms with van der Waals surface area (Å²) in [6, 6.07) is 14.0. The lowest BCUT2D eigenvalue weighted by molar-refractivity contribution is -0.122. The van der Waals surface area contributed by atoms with E-state index in [9.17, 15) is 9.59 Å². The Bertz CT molecular complexity index is 819. The molecule has 6 heteroatoms. The van der Waals surface area contributed by atoms with Crippen molar-refractivity contribution in [2.24, 2.45) is 0 Å². The van der Waals surface area contributed by atoms with Crippen molar-refractivity contribution in [3.63, 3.8) is 0 Å². The number of likely N-dealkylation sites (tertiary alicyclic amines) is 1. The summed E-state index contributed by atoms with van der Waals surface area (Å²) in [7, 11) is 0. The molecule has 142 valence electrons. The SMILES string of the molecule is C[C@H](Oc1cccc(Cl)c1)C(=O)Nc1ccccc1C(=O)N1CCCCC1. The van der Waals surface area contributed by atoms with E-state index in [1.807, 2.05) is 4.90 Å². The van der Waals surface area contributed by atoms with Crippen LogP contribution in [0.5, 0.6) is 5.75 Å². The molecule has 1 aliphatic heterocycles. The van der Waals surface area contributed by atoms with Crippen LogP contribution in [-0.4, -0.2) is 35.9 Å². The molecular formula is C21H23ClN2O3. The molecule has 3 rings (SSSR count). The minimum absolute atomic E-state index is 0.0472. The molecular weight excluding hydrogens is 364 g/mol. The fourth-order valence-electron chi connectivity index (χ4n) is 3.08. The van der Waals surface area contributed by atoms with Gasteiger partial charge in [0.15, 0.2) is 6.10 Å². The van der Waals surface area contributed by atoms with E-state index in [1.165, 1.54) is 0 Å². The smallest absolute Gasteiger partial charge is 0.265 e.